The number of hydrogen-bond acceptors (Lipinski definition) is 2. The molecule has 72 valence electrons. The third-order valence-corrected chi connectivity index (χ3v) is 1.93. The summed E-state index contributed by atoms with van der Waals surface area (Å²) in [5.41, 5.74) is 12.3. The minimum atomic E-state index is 0.798. The van der Waals surface area contributed by atoms with Gasteiger partial charge >= 0.3 is 0 Å². The van der Waals surface area contributed by atoms with Gasteiger partial charge in [0.1, 0.15) is 0 Å². The van der Waals surface area contributed by atoms with Gasteiger partial charge in [-0.05, 0) is 52.1 Å². The Hall–Kier alpha value is -0.340. The van der Waals surface area contributed by atoms with Gasteiger partial charge in [-0.3, -0.25) is 0 Å². The van der Waals surface area contributed by atoms with Crippen molar-refractivity contribution in [1.82, 2.24) is 0 Å². The van der Waals surface area contributed by atoms with Gasteiger partial charge in [-0.2, -0.15) is 0 Å². The molecule has 0 aliphatic rings. The second kappa shape index (κ2) is 8.75. The Labute approximate surface area is 76.0 Å². The average molecular weight is 170 g/mol. The molecule has 0 bridgehead atoms. The van der Waals surface area contributed by atoms with E-state index in [1.165, 1.54) is 18.4 Å². The first kappa shape index (κ1) is 11.7. The van der Waals surface area contributed by atoms with Gasteiger partial charge in [-0.25, -0.2) is 0 Å². The van der Waals surface area contributed by atoms with Gasteiger partial charge in [0.2, 0.25) is 0 Å². The molecule has 0 aromatic heterocycles. The van der Waals surface area contributed by atoms with Crippen LogP contribution in [0.25, 0.3) is 0 Å². The second-order valence-electron chi connectivity index (χ2n) is 3.23. The largest absolute Gasteiger partial charge is 0.330 e. The summed E-state index contributed by atoms with van der Waals surface area (Å²) in [5.74, 6) is 0. The average Bonchev–Trinajstić information content (AvgIpc) is 2.06. The van der Waals surface area contributed by atoms with Crippen LogP contribution in [0.1, 0.15) is 39.0 Å². The molecule has 0 atom stereocenters. The van der Waals surface area contributed by atoms with Crippen molar-refractivity contribution in [1.29, 1.82) is 0 Å². The monoisotopic (exact) mass is 170 g/mol. The first-order valence-corrected chi connectivity index (χ1v) is 4.87. The van der Waals surface area contributed by atoms with Crippen molar-refractivity contribution in [3.63, 3.8) is 0 Å². The maximum absolute atomic E-state index is 5.40. The molecule has 0 aliphatic carbocycles. The lowest BCUT2D eigenvalue weighted by atomic mass is 10.1. The third kappa shape index (κ3) is 7.76. The normalized spacial score (nSPS) is 12.1. The number of rotatable bonds is 7. The molecule has 2 heteroatoms. The number of unbranched alkanes of at least 4 members (excludes halogenated alkanes) is 2. The Morgan fingerprint density at radius 1 is 1.08 bits per heavy atom. The van der Waals surface area contributed by atoms with Crippen molar-refractivity contribution in [3.05, 3.63) is 11.6 Å². The van der Waals surface area contributed by atoms with E-state index in [-0.39, 0.29) is 0 Å². The van der Waals surface area contributed by atoms with Crippen LogP contribution in [0.4, 0.5) is 0 Å². The van der Waals surface area contributed by atoms with Crippen molar-refractivity contribution in [3.8, 4) is 0 Å². The van der Waals surface area contributed by atoms with Gasteiger partial charge in [0, 0.05) is 0 Å². The fourth-order valence-electron chi connectivity index (χ4n) is 1.12. The van der Waals surface area contributed by atoms with Gasteiger partial charge < -0.3 is 11.5 Å². The molecule has 12 heavy (non-hydrogen) atoms. The molecule has 0 saturated heterocycles. The van der Waals surface area contributed by atoms with Crippen LogP contribution in [0.2, 0.25) is 0 Å². The van der Waals surface area contributed by atoms with Crippen LogP contribution in [0.15, 0.2) is 11.6 Å². The smallest absolute Gasteiger partial charge is 0.00743 e. The van der Waals surface area contributed by atoms with E-state index in [0.29, 0.717) is 0 Å². The lowest BCUT2D eigenvalue weighted by Gasteiger charge is -1.99. The molecule has 0 radical (unpaired) electrons. The molecule has 4 N–H and O–H groups in total. The van der Waals surface area contributed by atoms with Crippen LogP contribution < -0.4 is 11.5 Å². The van der Waals surface area contributed by atoms with Gasteiger partial charge in [0.15, 0.2) is 0 Å². The van der Waals surface area contributed by atoms with Crippen LogP contribution in [0, 0.1) is 0 Å². The standard InChI is InChI=1S/C10H22N2/c1-10(6-2-4-8-11)7-3-5-9-12/h6H,2-5,7-9,11-12H2,1H3. The summed E-state index contributed by atoms with van der Waals surface area (Å²) >= 11 is 0. The molecule has 2 nitrogen and oxygen atoms in total. The number of nitrogens with two attached hydrogens (primary N) is 2. The topological polar surface area (TPSA) is 52.0 Å². The fourth-order valence-corrected chi connectivity index (χ4v) is 1.12. The molecule has 0 spiro atoms. The predicted octanol–water partition coefficient (Wildman–Crippen LogP) is 1.80. The molecule has 0 saturated carbocycles. The summed E-state index contributed by atoms with van der Waals surface area (Å²) in [6.45, 7) is 3.80. The van der Waals surface area contributed by atoms with E-state index in [1.54, 1.807) is 0 Å². The van der Waals surface area contributed by atoms with Gasteiger partial charge in [-0.1, -0.05) is 11.6 Å². The van der Waals surface area contributed by atoms with Crippen LogP contribution in [-0.4, -0.2) is 13.1 Å². The minimum Gasteiger partial charge on any atom is -0.330 e. The van der Waals surface area contributed by atoms with Crippen molar-refractivity contribution in [2.24, 2.45) is 11.5 Å². The summed E-state index contributed by atoms with van der Waals surface area (Å²) in [4.78, 5) is 0. The molecule has 0 amide bonds. The summed E-state index contributed by atoms with van der Waals surface area (Å²) in [5, 5.41) is 0. The molecule has 0 aromatic rings. The lowest BCUT2D eigenvalue weighted by Crippen LogP contribution is -1.98. The molecule has 0 rings (SSSR count). The van der Waals surface area contributed by atoms with Crippen molar-refractivity contribution in [2.75, 3.05) is 13.1 Å². The van der Waals surface area contributed by atoms with Crippen LogP contribution in [-0.2, 0) is 0 Å². The number of hydrogen-bond donors (Lipinski definition) is 2. The Balaban J connectivity index is 3.29. The number of allylic oxidation sites excluding steroid dienone is 2. The minimum absolute atomic E-state index is 0.798. The van der Waals surface area contributed by atoms with E-state index in [9.17, 15) is 0 Å². The first-order valence-electron chi connectivity index (χ1n) is 4.87. The van der Waals surface area contributed by atoms with Crippen LogP contribution in [0.3, 0.4) is 0 Å². The summed E-state index contributed by atoms with van der Waals surface area (Å²) in [7, 11) is 0. The highest BCUT2D eigenvalue weighted by Gasteiger charge is 1.89. The quantitative estimate of drug-likeness (QED) is 0.452. The predicted molar refractivity (Wildman–Crippen MR) is 55.0 cm³/mol. The molecule has 0 heterocycles. The molecule has 0 aromatic carbocycles. The highest BCUT2D eigenvalue weighted by atomic mass is 14.5. The summed E-state index contributed by atoms with van der Waals surface area (Å²) in [6.07, 6.45) is 8.09. The molecular formula is C10H22N2. The second-order valence-corrected chi connectivity index (χ2v) is 3.23. The Bertz CT molecular complexity index is 119. The summed E-state index contributed by atoms with van der Waals surface area (Å²) < 4.78 is 0. The van der Waals surface area contributed by atoms with Crippen LogP contribution >= 0.6 is 0 Å². The zero-order valence-electron chi connectivity index (χ0n) is 8.18. The molecule has 0 fully saturated rings. The van der Waals surface area contributed by atoms with Crippen molar-refractivity contribution < 1.29 is 0 Å². The van der Waals surface area contributed by atoms with Gasteiger partial charge in [-0.15, -0.1) is 0 Å². The van der Waals surface area contributed by atoms with Crippen LogP contribution in [0.5, 0.6) is 0 Å². The maximum Gasteiger partial charge on any atom is -0.00743 e. The maximum atomic E-state index is 5.40. The molecular weight excluding hydrogens is 148 g/mol. The van der Waals surface area contributed by atoms with E-state index in [4.69, 9.17) is 11.5 Å². The van der Waals surface area contributed by atoms with Gasteiger partial charge in [0.25, 0.3) is 0 Å². The fraction of sp³-hybridized carbons (Fsp3) is 0.800. The Morgan fingerprint density at radius 2 is 1.75 bits per heavy atom. The van der Waals surface area contributed by atoms with Gasteiger partial charge in [0.05, 0.1) is 0 Å². The van der Waals surface area contributed by atoms with Crippen molar-refractivity contribution >= 4 is 0 Å². The molecule has 0 unspecified atom stereocenters. The van der Waals surface area contributed by atoms with E-state index < -0.39 is 0 Å². The first-order chi connectivity index (χ1) is 5.81. The van der Waals surface area contributed by atoms with E-state index in [0.717, 1.165) is 32.4 Å². The van der Waals surface area contributed by atoms with E-state index in [1.807, 2.05) is 0 Å². The Morgan fingerprint density at radius 3 is 2.33 bits per heavy atom. The Kier molecular flexibility index (Phi) is 8.51. The zero-order valence-corrected chi connectivity index (χ0v) is 8.18. The highest BCUT2D eigenvalue weighted by molar-refractivity contribution is 4.97. The van der Waals surface area contributed by atoms with Crippen molar-refractivity contribution in [2.45, 2.75) is 39.0 Å². The highest BCUT2D eigenvalue weighted by Crippen LogP contribution is 2.07. The third-order valence-electron chi connectivity index (χ3n) is 1.93. The SMILES string of the molecule is CC(=CCCCN)CCCCN. The molecule has 0 aliphatic heterocycles. The lowest BCUT2D eigenvalue weighted by molar-refractivity contribution is 0.734. The van der Waals surface area contributed by atoms with E-state index >= 15 is 0 Å². The summed E-state index contributed by atoms with van der Waals surface area (Å²) in [6, 6.07) is 0. The zero-order chi connectivity index (χ0) is 9.23. The van der Waals surface area contributed by atoms with E-state index in [2.05, 4.69) is 13.0 Å².